The first-order valence-electron chi connectivity index (χ1n) is 9.33. The van der Waals surface area contributed by atoms with E-state index in [1.165, 1.54) is 18.2 Å². The van der Waals surface area contributed by atoms with Crippen molar-refractivity contribution in [3.63, 3.8) is 0 Å². The molecule has 7 heteroatoms. The molecule has 0 saturated carbocycles. The van der Waals surface area contributed by atoms with Crippen LogP contribution in [0.4, 0.5) is 8.78 Å². The standard InChI is InChI=1S/C21H18F2N4O/c22-14-4-2-1-3-13(14)19-15(23)5-6-16-20(19)21-25-18(28)11-17(27(21)26-16)12-7-9-24-10-8-12/h1-6,11-12,24H,7-10H2,(H,25,28). The van der Waals surface area contributed by atoms with Crippen LogP contribution in [0, 0.1) is 11.6 Å². The highest BCUT2D eigenvalue weighted by Crippen LogP contribution is 2.35. The quantitative estimate of drug-likeness (QED) is 0.559. The number of hydrogen-bond donors (Lipinski definition) is 2. The molecule has 28 heavy (non-hydrogen) atoms. The molecule has 5 nitrogen and oxygen atoms in total. The lowest BCUT2D eigenvalue weighted by atomic mass is 9.94. The van der Waals surface area contributed by atoms with Crippen molar-refractivity contribution < 1.29 is 8.78 Å². The molecule has 0 amide bonds. The van der Waals surface area contributed by atoms with E-state index < -0.39 is 11.6 Å². The fraction of sp³-hybridized carbons (Fsp3) is 0.238. The molecular weight excluding hydrogens is 362 g/mol. The summed E-state index contributed by atoms with van der Waals surface area (Å²) in [7, 11) is 0. The number of benzene rings is 2. The highest BCUT2D eigenvalue weighted by Gasteiger charge is 2.23. The van der Waals surface area contributed by atoms with Gasteiger partial charge in [0.2, 0.25) is 0 Å². The van der Waals surface area contributed by atoms with Gasteiger partial charge in [0, 0.05) is 23.1 Å². The summed E-state index contributed by atoms with van der Waals surface area (Å²) in [5.41, 5.74) is 1.70. The van der Waals surface area contributed by atoms with Crippen molar-refractivity contribution in [2.45, 2.75) is 18.8 Å². The molecule has 2 aromatic carbocycles. The number of piperidine rings is 1. The summed E-state index contributed by atoms with van der Waals surface area (Å²) in [6.07, 6.45) is 1.78. The minimum absolute atomic E-state index is 0.115. The second-order valence-electron chi connectivity index (χ2n) is 7.14. The topological polar surface area (TPSA) is 62.2 Å². The number of nitrogens with zero attached hydrogens (tertiary/aromatic N) is 2. The Balaban J connectivity index is 1.87. The highest BCUT2D eigenvalue weighted by molar-refractivity contribution is 6.04. The minimum Gasteiger partial charge on any atom is -0.317 e. The molecule has 0 radical (unpaired) electrons. The van der Waals surface area contributed by atoms with Gasteiger partial charge in [0.15, 0.2) is 0 Å². The van der Waals surface area contributed by atoms with Crippen LogP contribution in [0.15, 0.2) is 47.3 Å². The van der Waals surface area contributed by atoms with Crippen molar-refractivity contribution >= 4 is 16.6 Å². The maximum absolute atomic E-state index is 14.8. The molecular formula is C21H18F2N4O. The fourth-order valence-corrected chi connectivity index (χ4v) is 4.14. The van der Waals surface area contributed by atoms with Gasteiger partial charge in [-0.2, -0.15) is 5.10 Å². The summed E-state index contributed by atoms with van der Waals surface area (Å²) in [5.74, 6) is -0.896. The summed E-state index contributed by atoms with van der Waals surface area (Å²) in [6, 6.07) is 10.5. The zero-order chi connectivity index (χ0) is 19.3. The molecule has 4 aromatic rings. The molecule has 0 bridgehead atoms. The van der Waals surface area contributed by atoms with Crippen molar-refractivity contribution in [3.05, 3.63) is 70.1 Å². The summed E-state index contributed by atoms with van der Waals surface area (Å²) < 4.78 is 31.0. The Kier molecular flexibility index (Phi) is 3.98. The van der Waals surface area contributed by atoms with Gasteiger partial charge in [0.25, 0.3) is 5.56 Å². The molecule has 2 N–H and O–H groups in total. The van der Waals surface area contributed by atoms with E-state index in [0.717, 1.165) is 31.6 Å². The van der Waals surface area contributed by atoms with Crippen LogP contribution in [0.1, 0.15) is 24.5 Å². The van der Waals surface area contributed by atoms with Gasteiger partial charge in [0.1, 0.15) is 17.3 Å². The van der Waals surface area contributed by atoms with E-state index in [1.807, 2.05) is 0 Å². The molecule has 1 saturated heterocycles. The summed E-state index contributed by atoms with van der Waals surface area (Å²) in [4.78, 5) is 15.2. The van der Waals surface area contributed by atoms with Crippen molar-refractivity contribution in [1.82, 2.24) is 19.9 Å². The van der Waals surface area contributed by atoms with Crippen molar-refractivity contribution in [2.24, 2.45) is 0 Å². The zero-order valence-electron chi connectivity index (χ0n) is 15.0. The Morgan fingerprint density at radius 1 is 1.04 bits per heavy atom. The van der Waals surface area contributed by atoms with Gasteiger partial charge in [-0.15, -0.1) is 0 Å². The Hall–Kier alpha value is -3.06. The van der Waals surface area contributed by atoms with Gasteiger partial charge in [0.05, 0.1) is 16.6 Å². The van der Waals surface area contributed by atoms with Crippen LogP contribution in [-0.4, -0.2) is 27.7 Å². The smallest absolute Gasteiger partial charge is 0.251 e. The molecule has 0 unspecified atom stereocenters. The maximum Gasteiger partial charge on any atom is 0.251 e. The van der Waals surface area contributed by atoms with Crippen LogP contribution < -0.4 is 10.9 Å². The van der Waals surface area contributed by atoms with E-state index in [4.69, 9.17) is 0 Å². The second-order valence-corrected chi connectivity index (χ2v) is 7.14. The largest absolute Gasteiger partial charge is 0.317 e. The highest BCUT2D eigenvalue weighted by atomic mass is 19.1. The lowest BCUT2D eigenvalue weighted by molar-refractivity contribution is 0.446. The molecule has 0 spiro atoms. The van der Waals surface area contributed by atoms with Gasteiger partial charge >= 0.3 is 0 Å². The molecule has 1 aliphatic heterocycles. The van der Waals surface area contributed by atoms with Crippen LogP contribution in [0.5, 0.6) is 0 Å². The van der Waals surface area contributed by atoms with E-state index in [1.54, 1.807) is 28.8 Å². The third kappa shape index (κ3) is 2.62. The van der Waals surface area contributed by atoms with E-state index in [9.17, 15) is 13.6 Å². The number of aromatic amines is 1. The van der Waals surface area contributed by atoms with Gasteiger partial charge in [-0.3, -0.25) is 4.79 Å². The first kappa shape index (κ1) is 17.1. The number of halogens is 2. The molecule has 142 valence electrons. The van der Waals surface area contributed by atoms with Crippen molar-refractivity contribution in [2.75, 3.05) is 13.1 Å². The SMILES string of the molecule is O=c1cc(C2CCNCC2)n2nc3ccc(F)c(-c4ccccc4F)c3c2[nH]1. The number of H-pyrrole nitrogens is 1. The average molecular weight is 380 g/mol. The summed E-state index contributed by atoms with van der Waals surface area (Å²) in [5, 5.41) is 8.35. The zero-order valence-corrected chi connectivity index (χ0v) is 15.0. The average Bonchev–Trinajstić information content (AvgIpc) is 3.07. The Labute approximate surface area is 159 Å². The van der Waals surface area contributed by atoms with Crippen LogP contribution in [0.25, 0.3) is 27.7 Å². The first-order valence-corrected chi connectivity index (χ1v) is 9.33. The van der Waals surface area contributed by atoms with Gasteiger partial charge < -0.3 is 10.3 Å². The van der Waals surface area contributed by atoms with Crippen LogP contribution >= 0.6 is 0 Å². The van der Waals surface area contributed by atoms with E-state index in [-0.39, 0.29) is 22.6 Å². The Bertz CT molecular complexity index is 1250. The summed E-state index contributed by atoms with van der Waals surface area (Å²) in [6.45, 7) is 1.74. The van der Waals surface area contributed by atoms with Crippen LogP contribution in [0.3, 0.4) is 0 Å². The molecule has 1 fully saturated rings. The number of nitrogens with one attached hydrogen (secondary N) is 2. The van der Waals surface area contributed by atoms with Gasteiger partial charge in [-0.05, 0) is 44.1 Å². The van der Waals surface area contributed by atoms with Crippen molar-refractivity contribution in [1.29, 1.82) is 0 Å². The molecule has 2 aromatic heterocycles. The lowest BCUT2D eigenvalue weighted by Crippen LogP contribution is -2.28. The second kappa shape index (κ2) is 6.53. The molecule has 5 rings (SSSR count). The van der Waals surface area contributed by atoms with Crippen LogP contribution in [0.2, 0.25) is 0 Å². The monoisotopic (exact) mass is 380 g/mol. The van der Waals surface area contributed by atoms with Gasteiger partial charge in [-0.1, -0.05) is 18.2 Å². The minimum atomic E-state index is -0.555. The fourth-order valence-electron chi connectivity index (χ4n) is 4.14. The van der Waals surface area contributed by atoms with Crippen molar-refractivity contribution in [3.8, 4) is 11.1 Å². The predicted molar refractivity (Wildman–Crippen MR) is 104 cm³/mol. The van der Waals surface area contributed by atoms with E-state index >= 15 is 0 Å². The third-order valence-corrected chi connectivity index (χ3v) is 5.45. The van der Waals surface area contributed by atoms with Gasteiger partial charge in [-0.25, -0.2) is 13.3 Å². The molecule has 1 aliphatic rings. The predicted octanol–water partition coefficient (Wildman–Crippen LogP) is 3.59. The Morgan fingerprint density at radius 2 is 1.82 bits per heavy atom. The summed E-state index contributed by atoms with van der Waals surface area (Å²) >= 11 is 0. The Morgan fingerprint density at radius 3 is 2.61 bits per heavy atom. The van der Waals surface area contributed by atoms with Crippen LogP contribution in [-0.2, 0) is 0 Å². The third-order valence-electron chi connectivity index (χ3n) is 5.45. The van der Waals surface area contributed by atoms with E-state index in [2.05, 4.69) is 15.4 Å². The first-order chi connectivity index (χ1) is 13.6. The number of fused-ring (bicyclic) bond motifs is 3. The molecule has 3 heterocycles. The molecule has 0 aliphatic carbocycles. The maximum atomic E-state index is 14.8. The van der Waals surface area contributed by atoms with E-state index in [0.29, 0.717) is 16.6 Å². The lowest BCUT2D eigenvalue weighted by Gasteiger charge is -2.23. The number of aromatic nitrogens is 3. The number of hydrogen-bond acceptors (Lipinski definition) is 3. The molecule has 0 atom stereocenters. The number of rotatable bonds is 2. The normalized spacial score (nSPS) is 15.5.